The third kappa shape index (κ3) is 5.25. The van der Waals surface area contributed by atoms with E-state index in [1.807, 2.05) is 31.2 Å². The van der Waals surface area contributed by atoms with Crippen LogP contribution in [0.2, 0.25) is 0 Å². The van der Waals surface area contributed by atoms with Crippen LogP contribution in [-0.4, -0.2) is 56.2 Å². The summed E-state index contributed by atoms with van der Waals surface area (Å²) < 4.78 is 5.40. The molecule has 1 atom stereocenters. The van der Waals surface area contributed by atoms with Crippen LogP contribution in [0.5, 0.6) is 0 Å². The average molecular weight is 463 g/mol. The summed E-state index contributed by atoms with van der Waals surface area (Å²) in [5.41, 5.74) is 6.88. The number of anilines is 1. The average Bonchev–Trinajstić information content (AvgIpc) is 2.81. The van der Waals surface area contributed by atoms with Crippen molar-refractivity contribution in [2.45, 2.75) is 33.7 Å². The van der Waals surface area contributed by atoms with Crippen molar-refractivity contribution in [3.63, 3.8) is 0 Å². The molecule has 180 valence electrons. The molecule has 2 aromatic carbocycles. The van der Waals surface area contributed by atoms with Crippen LogP contribution >= 0.6 is 0 Å². The SMILES string of the molecule is CCOC(=O)C1=C(CN2CCN(c3cc(C)ccc3C)CC2)NC(=O)NC1c1ccc(C)cc1. The van der Waals surface area contributed by atoms with Crippen molar-refractivity contribution >= 4 is 17.7 Å². The monoisotopic (exact) mass is 462 g/mol. The molecular weight excluding hydrogens is 428 g/mol. The number of carbonyl (C=O) groups excluding carboxylic acids is 2. The van der Waals surface area contributed by atoms with Gasteiger partial charge in [0.1, 0.15) is 0 Å². The van der Waals surface area contributed by atoms with Crippen LogP contribution in [-0.2, 0) is 9.53 Å². The van der Waals surface area contributed by atoms with E-state index >= 15 is 0 Å². The molecular formula is C27H34N4O3. The van der Waals surface area contributed by atoms with E-state index in [-0.39, 0.29) is 12.6 Å². The summed E-state index contributed by atoms with van der Waals surface area (Å²) in [5, 5.41) is 5.81. The molecule has 2 aromatic rings. The lowest BCUT2D eigenvalue weighted by Gasteiger charge is -2.38. The first-order valence-electron chi connectivity index (χ1n) is 11.9. The molecule has 2 heterocycles. The maximum atomic E-state index is 13.0. The van der Waals surface area contributed by atoms with Crippen LogP contribution < -0.4 is 15.5 Å². The number of nitrogens with zero attached hydrogens (tertiary/aromatic N) is 2. The smallest absolute Gasteiger partial charge is 0.338 e. The summed E-state index contributed by atoms with van der Waals surface area (Å²) in [4.78, 5) is 30.3. The van der Waals surface area contributed by atoms with E-state index < -0.39 is 12.0 Å². The van der Waals surface area contributed by atoms with E-state index in [0.29, 0.717) is 17.8 Å². The Morgan fingerprint density at radius 1 is 1.00 bits per heavy atom. The Morgan fingerprint density at radius 2 is 1.68 bits per heavy atom. The van der Waals surface area contributed by atoms with Crippen molar-refractivity contribution in [3.05, 3.63) is 76.0 Å². The predicted octanol–water partition coefficient (Wildman–Crippen LogP) is 3.61. The van der Waals surface area contributed by atoms with E-state index in [2.05, 4.69) is 52.5 Å². The second-order valence-corrected chi connectivity index (χ2v) is 9.11. The van der Waals surface area contributed by atoms with Gasteiger partial charge in [-0.05, 0) is 50.5 Å². The molecule has 0 radical (unpaired) electrons. The Morgan fingerprint density at radius 3 is 2.35 bits per heavy atom. The molecule has 34 heavy (non-hydrogen) atoms. The molecule has 2 amide bonds. The van der Waals surface area contributed by atoms with Gasteiger partial charge in [0.25, 0.3) is 0 Å². The van der Waals surface area contributed by atoms with Gasteiger partial charge in [-0.3, -0.25) is 4.90 Å². The highest BCUT2D eigenvalue weighted by molar-refractivity contribution is 5.95. The van der Waals surface area contributed by atoms with Gasteiger partial charge in [-0.2, -0.15) is 0 Å². The van der Waals surface area contributed by atoms with Gasteiger partial charge in [-0.1, -0.05) is 42.0 Å². The summed E-state index contributed by atoms with van der Waals surface area (Å²) in [6.07, 6.45) is 0. The quantitative estimate of drug-likeness (QED) is 0.642. The standard InChI is InChI=1S/C27H34N4O3/c1-5-34-26(32)24-22(28-27(33)29-25(24)21-10-7-18(2)8-11-21)17-30-12-14-31(15-13-30)23-16-19(3)6-9-20(23)4/h6-11,16,25H,5,12-15,17H2,1-4H3,(H2,28,29,33). The predicted molar refractivity (Wildman–Crippen MR) is 134 cm³/mol. The molecule has 0 aromatic heterocycles. The van der Waals surface area contributed by atoms with Gasteiger partial charge >= 0.3 is 12.0 Å². The van der Waals surface area contributed by atoms with Gasteiger partial charge < -0.3 is 20.3 Å². The van der Waals surface area contributed by atoms with E-state index in [4.69, 9.17) is 4.74 Å². The number of urea groups is 1. The number of carbonyl (C=O) groups is 2. The minimum Gasteiger partial charge on any atom is -0.463 e. The Hall–Kier alpha value is -3.32. The molecule has 0 aliphatic carbocycles. The van der Waals surface area contributed by atoms with Crippen LogP contribution in [0.25, 0.3) is 0 Å². The molecule has 0 bridgehead atoms. The molecule has 2 aliphatic rings. The van der Waals surface area contributed by atoms with Gasteiger partial charge in [0.2, 0.25) is 0 Å². The van der Waals surface area contributed by atoms with Crippen LogP contribution in [0.4, 0.5) is 10.5 Å². The molecule has 1 unspecified atom stereocenters. The first-order chi connectivity index (χ1) is 16.4. The minimum atomic E-state index is -0.542. The fourth-order valence-electron chi connectivity index (χ4n) is 4.63. The summed E-state index contributed by atoms with van der Waals surface area (Å²) >= 11 is 0. The van der Waals surface area contributed by atoms with Crippen molar-refractivity contribution in [1.29, 1.82) is 0 Å². The number of nitrogens with one attached hydrogen (secondary N) is 2. The zero-order valence-corrected chi connectivity index (χ0v) is 20.5. The highest BCUT2D eigenvalue weighted by Crippen LogP contribution is 2.29. The van der Waals surface area contributed by atoms with E-state index in [9.17, 15) is 9.59 Å². The molecule has 0 spiro atoms. The normalized spacial score (nSPS) is 19.0. The molecule has 7 heteroatoms. The highest BCUT2D eigenvalue weighted by atomic mass is 16.5. The third-order valence-electron chi connectivity index (χ3n) is 6.52. The van der Waals surface area contributed by atoms with Crippen LogP contribution in [0, 0.1) is 20.8 Å². The number of benzene rings is 2. The summed E-state index contributed by atoms with van der Waals surface area (Å²) in [6, 6.07) is 13.6. The summed E-state index contributed by atoms with van der Waals surface area (Å²) in [5.74, 6) is -0.399. The van der Waals surface area contributed by atoms with Crippen molar-refractivity contribution in [1.82, 2.24) is 15.5 Å². The molecule has 4 rings (SSSR count). The van der Waals surface area contributed by atoms with Gasteiger partial charge in [-0.25, -0.2) is 9.59 Å². The molecule has 2 N–H and O–H groups in total. The fourth-order valence-corrected chi connectivity index (χ4v) is 4.63. The van der Waals surface area contributed by atoms with E-state index in [0.717, 1.165) is 37.3 Å². The molecule has 0 saturated carbocycles. The number of amides is 2. The number of hydrogen-bond donors (Lipinski definition) is 2. The Balaban J connectivity index is 1.56. The minimum absolute atomic E-state index is 0.276. The topological polar surface area (TPSA) is 73.9 Å². The molecule has 1 fully saturated rings. The van der Waals surface area contributed by atoms with Gasteiger partial charge in [0, 0.05) is 44.1 Å². The molecule has 2 aliphatic heterocycles. The number of rotatable bonds is 6. The van der Waals surface area contributed by atoms with Crippen molar-refractivity contribution in [2.75, 3.05) is 44.2 Å². The highest BCUT2D eigenvalue weighted by Gasteiger charge is 2.34. The molecule has 7 nitrogen and oxygen atoms in total. The van der Waals surface area contributed by atoms with Crippen LogP contribution in [0.1, 0.15) is 35.2 Å². The van der Waals surface area contributed by atoms with E-state index in [1.54, 1.807) is 6.92 Å². The largest absolute Gasteiger partial charge is 0.463 e. The third-order valence-corrected chi connectivity index (χ3v) is 6.52. The van der Waals surface area contributed by atoms with Crippen molar-refractivity contribution in [2.24, 2.45) is 0 Å². The first kappa shape index (κ1) is 23.8. The van der Waals surface area contributed by atoms with Crippen LogP contribution in [0.3, 0.4) is 0 Å². The number of hydrogen-bond acceptors (Lipinski definition) is 5. The second kappa shape index (κ2) is 10.3. The number of ether oxygens (including phenoxy) is 1. The summed E-state index contributed by atoms with van der Waals surface area (Å²) in [7, 11) is 0. The number of aryl methyl sites for hydroxylation is 3. The van der Waals surface area contributed by atoms with E-state index in [1.165, 1.54) is 16.8 Å². The lowest BCUT2D eigenvalue weighted by Crippen LogP contribution is -2.52. The fraction of sp³-hybridized carbons (Fsp3) is 0.407. The van der Waals surface area contributed by atoms with Gasteiger partial charge in [-0.15, -0.1) is 0 Å². The first-order valence-corrected chi connectivity index (χ1v) is 11.9. The van der Waals surface area contributed by atoms with Crippen molar-refractivity contribution < 1.29 is 14.3 Å². The summed E-state index contributed by atoms with van der Waals surface area (Å²) in [6.45, 7) is 12.3. The van der Waals surface area contributed by atoms with Crippen LogP contribution in [0.15, 0.2) is 53.7 Å². The van der Waals surface area contributed by atoms with Crippen molar-refractivity contribution in [3.8, 4) is 0 Å². The van der Waals surface area contributed by atoms with Gasteiger partial charge in [0.15, 0.2) is 0 Å². The van der Waals surface area contributed by atoms with Gasteiger partial charge in [0.05, 0.1) is 18.2 Å². The zero-order chi connectivity index (χ0) is 24.2. The number of esters is 1. The maximum Gasteiger partial charge on any atom is 0.338 e. The lowest BCUT2D eigenvalue weighted by molar-refractivity contribution is -0.139. The Bertz CT molecular complexity index is 1090. The maximum absolute atomic E-state index is 13.0. The molecule has 1 saturated heterocycles. The number of piperazine rings is 1. The Labute approximate surface area is 201 Å². The Kier molecular flexibility index (Phi) is 7.22. The lowest BCUT2D eigenvalue weighted by atomic mass is 9.94. The second-order valence-electron chi connectivity index (χ2n) is 9.11. The zero-order valence-electron chi connectivity index (χ0n) is 20.5.